The fourth-order valence-corrected chi connectivity index (χ4v) is 1.31. The lowest BCUT2D eigenvalue weighted by molar-refractivity contribution is 0.104. The van der Waals surface area contributed by atoms with Gasteiger partial charge in [-0.05, 0) is 12.1 Å². The van der Waals surface area contributed by atoms with E-state index in [0.29, 0.717) is 5.56 Å². The first kappa shape index (κ1) is 9.85. The second-order valence-corrected chi connectivity index (χ2v) is 3.37. The highest BCUT2D eigenvalue weighted by Crippen LogP contribution is 2.31. The molecule has 0 aliphatic heterocycles. The smallest absolute Gasteiger partial charge is 0.163 e. The molecule has 1 radical (unpaired) electrons. The first-order valence-electron chi connectivity index (χ1n) is 3.03. The van der Waals surface area contributed by atoms with Crippen LogP contribution in [0.3, 0.4) is 0 Å². The van der Waals surface area contributed by atoms with Crippen LogP contribution in [0.5, 0.6) is 0 Å². The SMILES string of the molecule is [CH2]C(=O)c1cc(Cl)c(Cl)c(Cl)c1. The van der Waals surface area contributed by atoms with E-state index in [4.69, 9.17) is 34.8 Å². The Morgan fingerprint density at radius 3 is 1.92 bits per heavy atom. The average Bonchev–Trinajstić information content (AvgIpc) is 1.99. The Bertz CT molecular complexity index is 310. The number of benzene rings is 1. The first-order valence-corrected chi connectivity index (χ1v) is 4.16. The molecule has 1 aromatic carbocycles. The zero-order chi connectivity index (χ0) is 9.30. The molecular formula is C8H4Cl3O. The van der Waals surface area contributed by atoms with Crippen LogP contribution < -0.4 is 0 Å². The number of carbonyl (C=O) groups is 1. The van der Waals surface area contributed by atoms with Crippen LogP contribution in [-0.4, -0.2) is 5.78 Å². The second kappa shape index (κ2) is 3.65. The Kier molecular flexibility index (Phi) is 2.99. The van der Waals surface area contributed by atoms with Crippen molar-refractivity contribution in [2.75, 3.05) is 0 Å². The lowest BCUT2D eigenvalue weighted by Crippen LogP contribution is -1.92. The van der Waals surface area contributed by atoms with Gasteiger partial charge in [0.2, 0.25) is 0 Å². The lowest BCUT2D eigenvalue weighted by atomic mass is 10.1. The van der Waals surface area contributed by atoms with Gasteiger partial charge in [0.1, 0.15) is 0 Å². The topological polar surface area (TPSA) is 17.1 Å². The van der Waals surface area contributed by atoms with Gasteiger partial charge in [0.15, 0.2) is 5.78 Å². The highest BCUT2D eigenvalue weighted by molar-refractivity contribution is 6.48. The van der Waals surface area contributed by atoms with Crippen molar-refractivity contribution in [3.63, 3.8) is 0 Å². The number of hydrogen-bond acceptors (Lipinski definition) is 1. The Morgan fingerprint density at radius 2 is 1.58 bits per heavy atom. The zero-order valence-electron chi connectivity index (χ0n) is 5.90. The molecule has 0 aromatic heterocycles. The zero-order valence-corrected chi connectivity index (χ0v) is 8.17. The summed E-state index contributed by atoms with van der Waals surface area (Å²) in [5, 5.41) is 0.774. The lowest BCUT2D eigenvalue weighted by Gasteiger charge is -2.01. The molecule has 0 bridgehead atoms. The molecule has 1 nitrogen and oxygen atoms in total. The van der Waals surface area contributed by atoms with Gasteiger partial charge < -0.3 is 0 Å². The number of halogens is 3. The highest BCUT2D eigenvalue weighted by atomic mass is 35.5. The third-order valence-corrected chi connectivity index (χ3v) is 2.50. The predicted molar refractivity (Wildman–Crippen MR) is 51.2 cm³/mol. The maximum atomic E-state index is 10.8. The van der Waals surface area contributed by atoms with Gasteiger partial charge in [0.25, 0.3) is 0 Å². The van der Waals surface area contributed by atoms with E-state index in [0.717, 1.165) is 0 Å². The Balaban J connectivity index is 3.31. The molecule has 0 aliphatic rings. The molecule has 1 rings (SSSR count). The van der Waals surface area contributed by atoms with Crippen molar-refractivity contribution < 1.29 is 4.79 Å². The maximum absolute atomic E-state index is 10.8. The Labute approximate surface area is 85.2 Å². The van der Waals surface area contributed by atoms with Crippen LogP contribution in [0.4, 0.5) is 0 Å². The third-order valence-electron chi connectivity index (χ3n) is 1.31. The van der Waals surface area contributed by atoms with Gasteiger partial charge in [-0.3, -0.25) is 4.79 Å². The molecule has 0 saturated carbocycles. The summed E-state index contributed by atoms with van der Waals surface area (Å²) in [7, 11) is 0. The molecule has 12 heavy (non-hydrogen) atoms. The van der Waals surface area contributed by atoms with E-state index in [9.17, 15) is 4.79 Å². The Morgan fingerprint density at radius 1 is 1.17 bits per heavy atom. The minimum atomic E-state index is -0.338. The quantitative estimate of drug-likeness (QED) is 0.523. The molecule has 0 aliphatic carbocycles. The summed E-state index contributed by atoms with van der Waals surface area (Å²) in [5.41, 5.74) is 0.356. The molecule has 0 unspecified atom stereocenters. The molecule has 0 N–H and O–H groups in total. The third kappa shape index (κ3) is 1.92. The van der Waals surface area contributed by atoms with E-state index >= 15 is 0 Å². The number of carbonyl (C=O) groups excluding carboxylic acids is 1. The van der Waals surface area contributed by atoms with Gasteiger partial charge >= 0.3 is 0 Å². The normalized spacial score (nSPS) is 10.0. The van der Waals surface area contributed by atoms with Crippen molar-refractivity contribution in [1.29, 1.82) is 0 Å². The minimum Gasteiger partial charge on any atom is -0.294 e. The maximum Gasteiger partial charge on any atom is 0.163 e. The van der Waals surface area contributed by atoms with Gasteiger partial charge in [-0.1, -0.05) is 34.8 Å². The fraction of sp³-hybridized carbons (Fsp3) is 0. The van der Waals surface area contributed by atoms with Crippen LogP contribution in [0, 0.1) is 6.92 Å². The molecule has 4 heteroatoms. The van der Waals surface area contributed by atoms with Gasteiger partial charge in [0.05, 0.1) is 15.1 Å². The molecule has 1 aromatic rings. The van der Waals surface area contributed by atoms with Crippen LogP contribution in [0.2, 0.25) is 15.1 Å². The summed E-state index contributed by atoms with van der Waals surface area (Å²) in [5.74, 6) is -0.338. The van der Waals surface area contributed by atoms with E-state index in [-0.39, 0.29) is 20.9 Å². The van der Waals surface area contributed by atoms with Crippen LogP contribution in [0.15, 0.2) is 12.1 Å². The predicted octanol–water partition coefficient (Wildman–Crippen LogP) is 3.66. The van der Waals surface area contributed by atoms with Crippen molar-refractivity contribution in [1.82, 2.24) is 0 Å². The van der Waals surface area contributed by atoms with Crippen LogP contribution >= 0.6 is 34.8 Å². The van der Waals surface area contributed by atoms with Crippen LogP contribution in [0.1, 0.15) is 10.4 Å². The van der Waals surface area contributed by atoms with E-state index in [1.165, 1.54) is 12.1 Å². The van der Waals surface area contributed by atoms with E-state index < -0.39 is 0 Å². The summed E-state index contributed by atoms with van der Waals surface area (Å²) in [6.07, 6.45) is 0. The van der Waals surface area contributed by atoms with Gasteiger partial charge in [0, 0.05) is 12.5 Å². The molecule has 0 spiro atoms. The summed E-state index contributed by atoms with van der Waals surface area (Å²) < 4.78 is 0. The summed E-state index contributed by atoms with van der Waals surface area (Å²) in [6, 6.07) is 2.87. The van der Waals surface area contributed by atoms with Crippen molar-refractivity contribution in [3.05, 3.63) is 39.7 Å². The molecule has 63 valence electrons. The molecule has 0 amide bonds. The monoisotopic (exact) mass is 221 g/mol. The highest BCUT2D eigenvalue weighted by Gasteiger charge is 2.07. The van der Waals surface area contributed by atoms with Crippen molar-refractivity contribution in [2.45, 2.75) is 0 Å². The van der Waals surface area contributed by atoms with Crippen LogP contribution in [0.25, 0.3) is 0 Å². The summed E-state index contributed by atoms with van der Waals surface area (Å²) in [6.45, 7) is 3.22. The second-order valence-electron chi connectivity index (χ2n) is 2.18. The number of Topliss-reactive ketones (excluding diaryl/α,β-unsaturated/α-hetero) is 1. The van der Waals surface area contributed by atoms with E-state index in [2.05, 4.69) is 6.92 Å². The van der Waals surface area contributed by atoms with E-state index in [1.807, 2.05) is 0 Å². The van der Waals surface area contributed by atoms with Crippen LogP contribution in [-0.2, 0) is 0 Å². The standard InChI is InChI=1S/C8H4Cl3O/c1-4(12)5-2-6(9)8(11)7(10)3-5/h2-3H,1H2. The molecular weight excluding hydrogens is 218 g/mol. The number of hydrogen-bond donors (Lipinski definition) is 0. The van der Waals surface area contributed by atoms with Gasteiger partial charge in [-0.25, -0.2) is 0 Å². The van der Waals surface area contributed by atoms with Crippen molar-refractivity contribution in [2.24, 2.45) is 0 Å². The van der Waals surface area contributed by atoms with Gasteiger partial charge in [-0.15, -0.1) is 0 Å². The first-order chi connectivity index (χ1) is 5.52. The largest absolute Gasteiger partial charge is 0.294 e. The van der Waals surface area contributed by atoms with E-state index in [1.54, 1.807) is 0 Å². The molecule has 0 heterocycles. The number of rotatable bonds is 1. The fourth-order valence-electron chi connectivity index (χ4n) is 0.717. The summed E-state index contributed by atoms with van der Waals surface area (Å²) in [4.78, 5) is 10.8. The Hall–Kier alpha value is -0.240. The van der Waals surface area contributed by atoms with Crippen molar-refractivity contribution >= 4 is 40.6 Å². The van der Waals surface area contributed by atoms with Gasteiger partial charge in [-0.2, -0.15) is 0 Å². The molecule has 0 fully saturated rings. The average molecular weight is 222 g/mol. The van der Waals surface area contributed by atoms with Crippen molar-refractivity contribution in [3.8, 4) is 0 Å². The summed E-state index contributed by atoms with van der Waals surface area (Å²) >= 11 is 17.0. The number of ketones is 1. The minimum absolute atomic E-state index is 0.253. The molecule has 0 saturated heterocycles. The molecule has 0 atom stereocenters.